The fourth-order valence-corrected chi connectivity index (χ4v) is 1.93. The first-order valence-corrected chi connectivity index (χ1v) is 5.90. The highest BCUT2D eigenvalue weighted by molar-refractivity contribution is 5.93. The number of halogens is 1. The maximum absolute atomic E-state index is 12.8. The Morgan fingerprint density at radius 3 is 2.74 bits per heavy atom. The molecule has 0 spiro atoms. The Kier molecular flexibility index (Phi) is 2.91. The second-order valence-corrected chi connectivity index (χ2v) is 4.31. The Hall–Kier alpha value is -2.36. The number of hydrogen-bond donors (Lipinski definition) is 0. The Bertz CT molecular complexity index is 620. The van der Waals surface area contributed by atoms with Crippen LogP contribution in [0.4, 0.5) is 4.39 Å². The molecule has 0 aliphatic carbocycles. The summed E-state index contributed by atoms with van der Waals surface area (Å²) in [4.78, 5) is 11.4. The van der Waals surface area contributed by atoms with Crippen molar-refractivity contribution < 1.29 is 18.7 Å². The molecule has 0 atom stereocenters. The molecule has 0 saturated heterocycles. The molecule has 3 rings (SSSR count). The van der Waals surface area contributed by atoms with E-state index < -0.39 is 0 Å². The highest BCUT2D eigenvalue weighted by Crippen LogP contribution is 2.25. The highest BCUT2D eigenvalue weighted by atomic mass is 19.1. The van der Waals surface area contributed by atoms with Gasteiger partial charge in [0, 0.05) is 5.56 Å². The molecule has 4 heteroatoms. The minimum Gasteiger partial charge on any atom is -0.489 e. The van der Waals surface area contributed by atoms with E-state index in [0.29, 0.717) is 24.5 Å². The van der Waals surface area contributed by atoms with E-state index >= 15 is 0 Å². The first-order valence-electron chi connectivity index (χ1n) is 5.90. The summed E-state index contributed by atoms with van der Waals surface area (Å²) < 4.78 is 23.2. The molecule has 0 radical (unpaired) electrons. The molecule has 1 aliphatic rings. The Morgan fingerprint density at radius 2 is 1.95 bits per heavy atom. The lowest BCUT2D eigenvalue weighted by molar-refractivity contribution is 0.0535. The number of cyclic esters (lactones) is 1. The summed E-state index contributed by atoms with van der Waals surface area (Å²) >= 11 is 0. The van der Waals surface area contributed by atoms with E-state index in [2.05, 4.69) is 0 Å². The molecule has 0 saturated carbocycles. The lowest BCUT2D eigenvalue weighted by atomic mass is 10.1. The van der Waals surface area contributed by atoms with Gasteiger partial charge >= 0.3 is 5.97 Å². The second kappa shape index (κ2) is 4.72. The summed E-state index contributed by atoms with van der Waals surface area (Å²) in [5, 5.41) is 0. The van der Waals surface area contributed by atoms with E-state index in [1.165, 1.54) is 12.1 Å². The van der Waals surface area contributed by atoms with Crippen LogP contribution in [0.25, 0.3) is 0 Å². The number of carbonyl (C=O) groups is 1. The van der Waals surface area contributed by atoms with Crippen molar-refractivity contribution in [1.82, 2.24) is 0 Å². The third kappa shape index (κ3) is 2.42. The molecule has 3 nitrogen and oxygen atoms in total. The van der Waals surface area contributed by atoms with Crippen molar-refractivity contribution in [3.63, 3.8) is 0 Å². The van der Waals surface area contributed by atoms with E-state index in [1.54, 1.807) is 24.3 Å². The van der Waals surface area contributed by atoms with Crippen LogP contribution in [0.2, 0.25) is 0 Å². The molecule has 96 valence electrons. The van der Waals surface area contributed by atoms with Gasteiger partial charge in [-0.2, -0.15) is 0 Å². The molecular weight excluding hydrogens is 247 g/mol. The molecule has 0 fully saturated rings. The SMILES string of the molecule is O=C1OCc2ccc(OCc3ccc(F)cc3)cc21. The largest absolute Gasteiger partial charge is 0.489 e. The minimum absolute atomic E-state index is 0.274. The third-order valence-corrected chi connectivity index (χ3v) is 2.98. The van der Waals surface area contributed by atoms with Crippen molar-refractivity contribution in [3.05, 3.63) is 65.0 Å². The quantitative estimate of drug-likeness (QED) is 0.794. The summed E-state index contributed by atoms with van der Waals surface area (Å²) in [5.74, 6) is 0.00758. The first-order chi connectivity index (χ1) is 9.22. The van der Waals surface area contributed by atoms with Gasteiger partial charge in [0.1, 0.15) is 24.8 Å². The number of fused-ring (bicyclic) bond motifs is 1. The van der Waals surface area contributed by atoms with Crippen molar-refractivity contribution in [2.24, 2.45) is 0 Å². The van der Waals surface area contributed by atoms with Crippen LogP contribution in [0, 0.1) is 5.82 Å². The van der Waals surface area contributed by atoms with Crippen molar-refractivity contribution >= 4 is 5.97 Å². The number of rotatable bonds is 3. The van der Waals surface area contributed by atoms with Gasteiger partial charge in [0.25, 0.3) is 0 Å². The van der Waals surface area contributed by atoms with E-state index in [0.717, 1.165) is 11.1 Å². The fraction of sp³-hybridized carbons (Fsp3) is 0.133. The van der Waals surface area contributed by atoms with Crippen molar-refractivity contribution in [1.29, 1.82) is 0 Å². The number of ether oxygens (including phenoxy) is 2. The predicted octanol–water partition coefficient (Wildman–Crippen LogP) is 3.08. The standard InChI is InChI=1S/C15H11FO3/c16-12-4-1-10(2-5-12)8-18-13-6-3-11-9-19-15(17)14(11)7-13/h1-7H,8-9H2. The normalized spacial score (nSPS) is 13.0. The van der Waals surface area contributed by atoms with Gasteiger partial charge < -0.3 is 9.47 Å². The topological polar surface area (TPSA) is 35.5 Å². The van der Waals surface area contributed by atoms with Crippen molar-refractivity contribution in [2.45, 2.75) is 13.2 Å². The third-order valence-electron chi connectivity index (χ3n) is 2.98. The summed E-state index contributed by atoms with van der Waals surface area (Å²) in [5.41, 5.74) is 2.29. The smallest absolute Gasteiger partial charge is 0.339 e. The molecule has 19 heavy (non-hydrogen) atoms. The molecule has 0 bridgehead atoms. The van der Waals surface area contributed by atoms with Crippen LogP contribution >= 0.6 is 0 Å². The number of benzene rings is 2. The predicted molar refractivity (Wildman–Crippen MR) is 66.3 cm³/mol. The van der Waals surface area contributed by atoms with Crippen molar-refractivity contribution in [3.8, 4) is 5.75 Å². The lowest BCUT2D eigenvalue weighted by Gasteiger charge is -2.07. The molecule has 0 aromatic heterocycles. The van der Waals surface area contributed by atoms with Crippen LogP contribution in [0.1, 0.15) is 21.5 Å². The first kappa shape index (κ1) is 11.7. The molecule has 1 aliphatic heterocycles. The summed E-state index contributed by atoms with van der Waals surface area (Å²) in [6.07, 6.45) is 0. The minimum atomic E-state index is -0.317. The van der Waals surface area contributed by atoms with E-state index in [-0.39, 0.29) is 11.8 Å². The molecule has 2 aromatic rings. The van der Waals surface area contributed by atoms with E-state index in [9.17, 15) is 9.18 Å². The summed E-state index contributed by atoms with van der Waals surface area (Å²) in [6, 6.07) is 11.4. The van der Waals surface area contributed by atoms with E-state index in [4.69, 9.17) is 9.47 Å². The number of hydrogen-bond acceptors (Lipinski definition) is 3. The van der Waals surface area contributed by atoms with Crippen LogP contribution in [0.3, 0.4) is 0 Å². The summed E-state index contributed by atoms with van der Waals surface area (Å²) in [7, 11) is 0. The van der Waals surface area contributed by atoms with E-state index in [1.807, 2.05) is 6.07 Å². The maximum Gasteiger partial charge on any atom is 0.339 e. The molecular formula is C15H11FO3. The Balaban J connectivity index is 1.72. The Labute approximate surface area is 109 Å². The van der Waals surface area contributed by atoms with Crippen LogP contribution < -0.4 is 4.74 Å². The molecule has 0 amide bonds. The highest BCUT2D eigenvalue weighted by Gasteiger charge is 2.21. The van der Waals surface area contributed by atoms with Crippen molar-refractivity contribution in [2.75, 3.05) is 0 Å². The van der Waals surface area contributed by atoms with Gasteiger partial charge in [-0.3, -0.25) is 0 Å². The Morgan fingerprint density at radius 1 is 1.16 bits per heavy atom. The zero-order chi connectivity index (χ0) is 13.2. The van der Waals surface area contributed by atoms with Gasteiger partial charge in [0.15, 0.2) is 0 Å². The number of esters is 1. The zero-order valence-corrected chi connectivity index (χ0v) is 10.1. The zero-order valence-electron chi connectivity index (χ0n) is 10.1. The van der Waals surface area contributed by atoms with Crippen LogP contribution in [-0.2, 0) is 18.0 Å². The summed E-state index contributed by atoms with van der Waals surface area (Å²) in [6.45, 7) is 0.653. The van der Waals surface area contributed by atoms with Crippen LogP contribution in [0.5, 0.6) is 5.75 Å². The van der Waals surface area contributed by atoms with Gasteiger partial charge in [-0.15, -0.1) is 0 Å². The number of carbonyl (C=O) groups excluding carboxylic acids is 1. The van der Waals surface area contributed by atoms with Gasteiger partial charge in [-0.05, 0) is 29.8 Å². The van der Waals surface area contributed by atoms with Gasteiger partial charge in [0.05, 0.1) is 5.56 Å². The van der Waals surface area contributed by atoms with Gasteiger partial charge in [-0.25, -0.2) is 9.18 Å². The molecule has 2 aromatic carbocycles. The average molecular weight is 258 g/mol. The molecule has 0 unspecified atom stereocenters. The van der Waals surface area contributed by atoms with Gasteiger partial charge in [-0.1, -0.05) is 18.2 Å². The van der Waals surface area contributed by atoms with Crippen LogP contribution in [0.15, 0.2) is 42.5 Å². The maximum atomic E-state index is 12.8. The lowest BCUT2D eigenvalue weighted by Crippen LogP contribution is -1.98. The molecule has 1 heterocycles. The average Bonchev–Trinajstić information content (AvgIpc) is 2.80. The fourth-order valence-electron chi connectivity index (χ4n) is 1.93. The van der Waals surface area contributed by atoms with Gasteiger partial charge in [0.2, 0.25) is 0 Å². The molecule has 0 N–H and O–H groups in total. The second-order valence-electron chi connectivity index (χ2n) is 4.31. The van der Waals surface area contributed by atoms with Crippen LogP contribution in [-0.4, -0.2) is 5.97 Å². The monoisotopic (exact) mass is 258 g/mol.